The van der Waals surface area contributed by atoms with Crippen molar-refractivity contribution in [2.75, 3.05) is 5.33 Å². The molecule has 1 fully saturated rings. The van der Waals surface area contributed by atoms with Crippen LogP contribution in [0, 0.1) is 0 Å². The molecule has 0 aromatic rings. The van der Waals surface area contributed by atoms with E-state index in [4.69, 9.17) is 0 Å². The Morgan fingerprint density at radius 2 is 2.00 bits per heavy atom. The zero-order valence-corrected chi connectivity index (χ0v) is 8.51. The lowest BCUT2D eigenvalue weighted by atomic mass is 9.93. The maximum Gasteiger partial charge on any atom is 0.230 e. The number of halogens is 1. The summed E-state index contributed by atoms with van der Waals surface area (Å²) in [6.45, 7) is 0. The van der Waals surface area contributed by atoms with Crippen LogP contribution in [0.3, 0.4) is 0 Å². The van der Waals surface area contributed by atoms with Crippen LogP contribution in [0.15, 0.2) is 0 Å². The second-order valence-corrected chi connectivity index (χ2v) is 3.77. The maximum atomic E-state index is 10.9. The zero-order valence-electron chi connectivity index (χ0n) is 6.92. The Morgan fingerprint density at radius 3 is 2.50 bits per heavy atom. The summed E-state index contributed by atoms with van der Waals surface area (Å²) in [4.78, 5) is 10.9. The summed E-state index contributed by atoms with van der Waals surface area (Å²) in [7, 11) is 0. The first kappa shape index (κ1) is 9.99. The SMILES string of the molecule is O=C(CBr)NC1CCC(O)CC1. The van der Waals surface area contributed by atoms with Gasteiger partial charge in [-0.05, 0) is 25.7 Å². The molecule has 0 bridgehead atoms. The molecule has 1 aliphatic rings. The summed E-state index contributed by atoms with van der Waals surface area (Å²) in [6.07, 6.45) is 3.28. The number of alkyl halides is 1. The van der Waals surface area contributed by atoms with Gasteiger partial charge in [0.2, 0.25) is 5.91 Å². The first-order valence-electron chi connectivity index (χ1n) is 4.25. The Balaban J connectivity index is 2.21. The van der Waals surface area contributed by atoms with Gasteiger partial charge >= 0.3 is 0 Å². The van der Waals surface area contributed by atoms with E-state index in [0.717, 1.165) is 25.7 Å². The van der Waals surface area contributed by atoms with E-state index >= 15 is 0 Å². The number of carbonyl (C=O) groups excluding carboxylic acids is 1. The summed E-state index contributed by atoms with van der Waals surface area (Å²) < 4.78 is 0. The molecule has 0 atom stereocenters. The van der Waals surface area contributed by atoms with Crippen LogP contribution in [0.2, 0.25) is 0 Å². The van der Waals surface area contributed by atoms with Gasteiger partial charge < -0.3 is 10.4 Å². The van der Waals surface area contributed by atoms with Crippen LogP contribution in [-0.4, -0.2) is 28.5 Å². The number of hydrogen-bond acceptors (Lipinski definition) is 2. The average Bonchev–Trinajstić information content (AvgIpc) is 2.09. The summed E-state index contributed by atoms with van der Waals surface area (Å²) in [5.41, 5.74) is 0. The van der Waals surface area contributed by atoms with Crippen LogP contribution in [0.5, 0.6) is 0 Å². The molecule has 0 unspecified atom stereocenters. The highest BCUT2D eigenvalue weighted by atomic mass is 79.9. The van der Waals surface area contributed by atoms with Gasteiger partial charge in [0.25, 0.3) is 0 Å². The molecule has 1 rings (SSSR count). The lowest BCUT2D eigenvalue weighted by Crippen LogP contribution is -2.39. The van der Waals surface area contributed by atoms with E-state index < -0.39 is 0 Å². The highest BCUT2D eigenvalue weighted by Crippen LogP contribution is 2.18. The lowest BCUT2D eigenvalue weighted by Gasteiger charge is -2.25. The molecule has 3 nitrogen and oxygen atoms in total. The van der Waals surface area contributed by atoms with Crippen LogP contribution in [-0.2, 0) is 4.79 Å². The third kappa shape index (κ3) is 3.11. The van der Waals surface area contributed by atoms with Crippen molar-refractivity contribution in [2.24, 2.45) is 0 Å². The van der Waals surface area contributed by atoms with Crippen molar-refractivity contribution < 1.29 is 9.90 Å². The van der Waals surface area contributed by atoms with E-state index in [0.29, 0.717) is 5.33 Å². The van der Waals surface area contributed by atoms with Crippen LogP contribution in [0.4, 0.5) is 0 Å². The van der Waals surface area contributed by atoms with Crippen molar-refractivity contribution in [1.82, 2.24) is 5.32 Å². The number of carbonyl (C=O) groups is 1. The normalized spacial score (nSPS) is 29.8. The number of hydrogen-bond donors (Lipinski definition) is 2. The fraction of sp³-hybridized carbons (Fsp3) is 0.875. The summed E-state index contributed by atoms with van der Waals surface area (Å²) in [5, 5.41) is 12.5. The van der Waals surface area contributed by atoms with Gasteiger partial charge in [-0.3, -0.25) is 4.79 Å². The molecule has 2 N–H and O–H groups in total. The van der Waals surface area contributed by atoms with Gasteiger partial charge in [-0.25, -0.2) is 0 Å². The van der Waals surface area contributed by atoms with Gasteiger partial charge in [0.15, 0.2) is 0 Å². The van der Waals surface area contributed by atoms with Crippen molar-refractivity contribution in [1.29, 1.82) is 0 Å². The van der Waals surface area contributed by atoms with Crippen LogP contribution < -0.4 is 5.32 Å². The zero-order chi connectivity index (χ0) is 8.97. The van der Waals surface area contributed by atoms with Crippen molar-refractivity contribution in [3.05, 3.63) is 0 Å². The van der Waals surface area contributed by atoms with E-state index in [-0.39, 0.29) is 18.1 Å². The molecule has 12 heavy (non-hydrogen) atoms. The molecule has 1 amide bonds. The minimum atomic E-state index is -0.151. The molecule has 0 saturated heterocycles. The van der Waals surface area contributed by atoms with E-state index in [1.807, 2.05) is 0 Å². The second-order valence-electron chi connectivity index (χ2n) is 3.21. The molecular weight excluding hydrogens is 222 g/mol. The van der Waals surface area contributed by atoms with E-state index in [2.05, 4.69) is 21.2 Å². The molecular formula is C8H14BrNO2. The molecule has 0 radical (unpaired) electrons. The highest BCUT2D eigenvalue weighted by molar-refractivity contribution is 9.09. The Morgan fingerprint density at radius 1 is 1.42 bits per heavy atom. The minimum absolute atomic E-state index is 0.0383. The van der Waals surface area contributed by atoms with Gasteiger partial charge in [0, 0.05) is 6.04 Å². The largest absolute Gasteiger partial charge is 0.393 e. The van der Waals surface area contributed by atoms with Gasteiger partial charge in [-0.15, -0.1) is 0 Å². The lowest BCUT2D eigenvalue weighted by molar-refractivity contribution is -0.119. The second kappa shape index (κ2) is 4.82. The van der Waals surface area contributed by atoms with Crippen molar-refractivity contribution in [2.45, 2.75) is 37.8 Å². The molecule has 0 heterocycles. The Labute approximate surface area is 80.7 Å². The molecule has 0 aromatic heterocycles. The van der Waals surface area contributed by atoms with E-state index in [1.165, 1.54) is 0 Å². The Kier molecular flexibility index (Phi) is 4.01. The predicted octanol–water partition coefficient (Wildman–Crippen LogP) is 0.801. The van der Waals surface area contributed by atoms with E-state index in [9.17, 15) is 9.90 Å². The average molecular weight is 236 g/mol. The Hall–Kier alpha value is -0.0900. The van der Waals surface area contributed by atoms with Crippen molar-refractivity contribution in [3.8, 4) is 0 Å². The van der Waals surface area contributed by atoms with Crippen LogP contribution in [0.25, 0.3) is 0 Å². The molecule has 0 aliphatic heterocycles. The summed E-state index contributed by atoms with van der Waals surface area (Å²) >= 11 is 3.09. The van der Waals surface area contributed by atoms with Crippen molar-refractivity contribution in [3.63, 3.8) is 0 Å². The highest BCUT2D eigenvalue weighted by Gasteiger charge is 2.19. The molecule has 4 heteroatoms. The third-order valence-corrected chi connectivity index (χ3v) is 2.69. The quantitative estimate of drug-likeness (QED) is 0.697. The number of aliphatic hydroxyl groups is 1. The number of amides is 1. The first-order valence-corrected chi connectivity index (χ1v) is 5.38. The molecule has 70 valence electrons. The molecule has 1 saturated carbocycles. The standard InChI is InChI=1S/C8H14BrNO2/c9-5-8(12)10-6-1-3-7(11)4-2-6/h6-7,11H,1-5H2,(H,10,12). The number of rotatable bonds is 2. The fourth-order valence-corrected chi connectivity index (χ4v) is 1.65. The Bertz CT molecular complexity index is 155. The minimum Gasteiger partial charge on any atom is -0.393 e. The summed E-state index contributed by atoms with van der Waals surface area (Å²) in [6, 6.07) is 0.276. The van der Waals surface area contributed by atoms with Crippen LogP contribution >= 0.6 is 15.9 Å². The molecule has 0 aromatic carbocycles. The fourth-order valence-electron chi connectivity index (χ4n) is 1.49. The third-order valence-electron chi connectivity index (χ3n) is 2.18. The van der Waals surface area contributed by atoms with Gasteiger partial charge in [0.05, 0.1) is 11.4 Å². The topological polar surface area (TPSA) is 49.3 Å². The van der Waals surface area contributed by atoms with Gasteiger partial charge in [0.1, 0.15) is 0 Å². The van der Waals surface area contributed by atoms with Gasteiger partial charge in [-0.1, -0.05) is 15.9 Å². The molecule has 1 aliphatic carbocycles. The maximum absolute atomic E-state index is 10.9. The first-order chi connectivity index (χ1) is 5.72. The van der Waals surface area contributed by atoms with Crippen LogP contribution in [0.1, 0.15) is 25.7 Å². The monoisotopic (exact) mass is 235 g/mol. The predicted molar refractivity (Wildman–Crippen MR) is 50.2 cm³/mol. The summed E-state index contributed by atoms with van der Waals surface area (Å²) in [5.74, 6) is 0.0383. The van der Waals surface area contributed by atoms with Gasteiger partial charge in [-0.2, -0.15) is 0 Å². The van der Waals surface area contributed by atoms with E-state index in [1.54, 1.807) is 0 Å². The molecule has 0 spiro atoms. The smallest absolute Gasteiger partial charge is 0.230 e. The van der Waals surface area contributed by atoms with Crippen molar-refractivity contribution >= 4 is 21.8 Å². The number of nitrogens with one attached hydrogen (secondary N) is 1. The number of aliphatic hydroxyl groups excluding tert-OH is 1.